The molecule has 3 heterocycles. The summed E-state index contributed by atoms with van der Waals surface area (Å²) >= 11 is 0. The van der Waals surface area contributed by atoms with E-state index in [-0.39, 0.29) is 5.82 Å². The summed E-state index contributed by atoms with van der Waals surface area (Å²) in [6.07, 6.45) is 1.82. The highest BCUT2D eigenvalue weighted by Crippen LogP contribution is 2.19. The van der Waals surface area contributed by atoms with Crippen molar-refractivity contribution in [2.24, 2.45) is 0 Å². The molecular formula is C17H17FN4O. The summed E-state index contributed by atoms with van der Waals surface area (Å²) in [4.78, 5) is 13.3. The number of pyridine rings is 1. The smallest absolute Gasteiger partial charge is 0.209 e. The molecule has 0 atom stereocenters. The third kappa shape index (κ3) is 3.03. The summed E-state index contributed by atoms with van der Waals surface area (Å²) < 4.78 is 18.9. The Kier molecular flexibility index (Phi) is 3.67. The van der Waals surface area contributed by atoms with Gasteiger partial charge in [0.15, 0.2) is 5.58 Å². The second kappa shape index (κ2) is 5.96. The van der Waals surface area contributed by atoms with Crippen LogP contribution in [0.5, 0.6) is 0 Å². The molecule has 3 aromatic rings. The molecule has 1 aromatic carbocycles. The van der Waals surface area contributed by atoms with Crippen molar-refractivity contribution in [1.29, 1.82) is 0 Å². The number of nitrogens with zero attached hydrogens (tertiary/aromatic N) is 4. The normalized spacial score (nSPS) is 16.1. The van der Waals surface area contributed by atoms with Crippen LogP contribution >= 0.6 is 0 Å². The van der Waals surface area contributed by atoms with Crippen LogP contribution in [0.1, 0.15) is 5.89 Å². The molecule has 0 bridgehead atoms. The van der Waals surface area contributed by atoms with Crippen LogP contribution in [0.3, 0.4) is 0 Å². The SMILES string of the molecule is Fc1ccc2oc(CN3CCN(c4ccccn4)CC3)nc2c1. The quantitative estimate of drug-likeness (QED) is 0.744. The number of anilines is 1. The second-order valence-corrected chi connectivity index (χ2v) is 5.67. The molecule has 0 amide bonds. The Hall–Kier alpha value is -2.47. The molecule has 0 saturated carbocycles. The highest BCUT2D eigenvalue weighted by atomic mass is 19.1. The van der Waals surface area contributed by atoms with Crippen molar-refractivity contribution in [2.45, 2.75) is 6.54 Å². The zero-order valence-corrected chi connectivity index (χ0v) is 12.7. The molecule has 1 aliphatic heterocycles. The van der Waals surface area contributed by atoms with Crippen molar-refractivity contribution in [3.8, 4) is 0 Å². The van der Waals surface area contributed by atoms with E-state index in [0.29, 0.717) is 23.5 Å². The first-order valence-electron chi connectivity index (χ1n) is 7.71. The van der Waals surface area contributed by atoms with Crippen LogP contribution in [0.4, 0.5) is 10.2 Å². The molecule has 1 aliphatic rings. The molecule has 1 fully saturated rings. The molecule has 0 spiro atoms. The highest BCUT2D eigenvalue weighted by Gasteiger charge is 2.19. The molecule has 118 valence electrons. The molecule has 5 nitrogen and oxygen atoms in total. The molecule has 0 N–H and O–H groups in total. The van der Waals surface area contributed by atoms with Gasteiger partial charge in [-0.25, -0.2) is 14.4 Å². The lowest BCUT2D eigenvalue weighted by Gasteiger charge is -2.34. The summed E-state index contributed by atoms with van der Waals surface area (Å²) in [5, 5.41) is 0. The lowest BCUT2D eigenvalue weighted by Crippen LogP contribution is -2.46. The van der Waals surface area contributed by atoms with Crippen molar-refractivity contribution in [3.05, 3.63) is 54.3 Å². The fourth-order valence-electron chi connectivity index (χ4n) is 2.88. The van der Waals surface area contributed by atoms with Gasteiger partial charge in [0.25, 0.3) is 0 Å². The van der Waals surface area contributed by atoms with Crippen molar-refractivity contribution >= 4 is 16.9 Å². The van der Waals surface area contributed by atoms with Gasteiger partial charge in [0.1, 0.15) is 17.2 Å². The van der Waals surface area contributed by atoms with Crippen molar-refractivity contribution < 1.29 is 8.81 Å². The van der Waals surface area contributed by atoms with Crippen LogP contribution in [-0.2, 0) is 6.54 Å². The molecule has 4 rings (SSSR count). The number of halogens is 1. The Morgan fingerprint density at radius 3 is 2.74 bits per heavy atom. The standard InChI is InChI=1S/C17H17FN4O/c18-13-4-5-15-14(11-13)20-17(23-15)12-21-7-9-22(10-8-21)16-3-1-2-6-19-16/h1-6,11H,7-10,12H2. The number of hydrogen-bond donors (Lipinski definition) is 0. The van der Waals surface area contributed by atoms with Crippen molar-refractivity contribution in [2.75, 3.05) is 31.1 Å². The number of piperazine rings is 1. The van der Waals surface area contributed by atoms with Gasteiger partial charge in [-0.05, 0) is 24.3 Å². The predicted octanol–water partition coefficient (Wildman–Crippen LogP) is 2.68. The number of benzene rings is 1. The summed E-state index contributed by atoms with van der Waals surface area (Å²) in [6, 6.07) is 10.4. The molecule has 23 heavy (non-hydrogen) atoms. The minimum Gasteiger partial charge on any atom is -0.439 e. The van der Waals surface area contributed by atoms with Crippen molar-refractivity contribution in [1.82, 2.24) is 14.9 Å². The maximum atomic E-state index is 13.2. The van der Waals surface area contributed by atoms with Gasteiger partial charge in [-0.3, -0.25) is 4.90 Å². The number of rotatable bonds is 3. The minimum absolute atomic E-state index is 0.290. The first kappa shape index (κ1) is 14.1. The number of hydrogen-bond acceptors (Lipinski definition) is 5. The topological polar surface area (TPSA) is 45.4 Å². The summed E-state index contributed by atoms with van der Waals surface area (Å²) in [6.45, 7) is 4.33. The van der Waals surface area contributed by atoms with Gasteiger partial charge in [0.2, 0.25) is 5.89 Å². The van der Waals surface area contributed by atoms with Crippen LogP contribution in [-0.4, -0.2) is 41.0 Å². The first-order valence-corrected chi connectivity index (χ1v) is 7.71. The fourth-order valence-corrected chi connectivity index (χ4v) is 2.88. The lowest BCUT2D eigenvalue weighted by molar-refractivity contribution is 0.228. The van der Waals surface area contributed by atoms with E-state index in [2.05, 4.69) is 19.8 Å². The van der Waals surface area contributed by atoms with Gasteiger partial charge >= 0.3 is 0 Å². The minimum atomic E-state index is -0.290. The van der Waals surface area contributed by atoms with E-state index in [1.807, 2.05) is 24.4 Å². The van der Waals surface area contributed by atoms with Gasteiger partial charge in [-0.1, -0.05) is 6.07 Å². The number of aromatic nitrogens is 2. The third-order valence-electron chi connectivity index (χ3n) is 4.10. The Morgan fingerprint density at radius 1 is 1.09 bits per heavy atom. The van der Waals surface area contributed by atoms with Crippen molar-refractivity contribution in [3.63, 3.8) is 0 Å². The van der Waals surface area contributed by atoms with Gasteiger partial charge in [-0.2, -0.15) is 0 Å². The maximum Gasteiger partial charge on any atom is 0.209 e. The zero-order chi connectivity index (χ0) is 15.6. The van der Waals surface area contributed by atoms with Crippen LogP contribution in [0, 0.1) is 5.82 Å². The highest BCUT2D eigenvalue weighted by molar-refractivity contribution is 5.72. The number of oxazole rings is 1. The van der Waals surface area contributed by atoms with E-state index in [9.17, 15) is 4.39 Å². The lowest BCUT2D eigenvalue weighted by atomic mass is 10.3. The average Bonchev–Trinajstić information content (AvgIpc) is 2.97. The first-order chi connectivity index (χ1) is 11.3. The molecular weight excluding hydrogens is 295 g/mol. The van der Waals surface area contributed by atoms with E-state index in [4.69, 9.17) is 4.42 Å². The summed E-state index contributed by atoms with van der Waals surface area (Å²) in [7, 11) is 0. The van der Waals surface area contributed by atoms with E-state index in [0.717, 1.165) is 32.0 Å². The summed E-state index contributed by atoms with van der Waals surface area (Å²) in [5.74, 6) is 1.36. The third-order valence-corrected chi connectivity index (χ3v) is 4.10. The fraction of sp³-hybridized carbons (Fsp3) is 0.294. The van der Waals surface area contributed by atoms with Crippen LogP contribution < -0.4 is 4.90 Å². The van der Waals surface area contributed by atoms with E-state index < -0.39 is 0 Å². The Labute approximate surface area is 133 Å². The predicted molar refractivity (Wildman–Crippen MR) is 85.7 cm³/mol. The molecule has 0 unspecified atom stereocenters. The van der Waals surface area contributed by atoms with Gasteiger partial charge in [0.05, 0.1) is 6.54 Å². The summed E-state index contributed by atoms with van der Waals surface area (Å²) in [5.41, 5.74) is 1.21. The Bertz CT molecular complexity index is 797. The van der Waals surface area contributed by atoms with E-state index in [1.165, 1.54) is 12.1 Å². The molecule has 6 heteroatoms. The largest absolute Gasteiger partial charge is 0.439 e. The van der Waals surface area contributed by atoms with E-state index in [1.54, 1.807) is 6.07 Å². The molecule has 2 aromatic heterocycles. The zero-order valence-electron chi connectivity index (χ0n) is 12.7. The van der Waals surface area contributed by atoms with Crippen LogP contribution in [0.15, 0.2) is 47.0 Å². The van der Waals surface area contributed by atoms with E-state index >= 15 is 0 Å². The average molecular weight is 312 g/mol. The molecule has 1 saturated heterocycles. The van der Waals surface area contributed by atoms with Gasteiger partial charge < -0.3 is 9.32 Å². The Morgan fingerprint density at radius 2 is 1.96 bits per heavy atom. The Balaban J connectivity index is 1.40. The van der Waals surface area contributed by atoms with Gasteiger partial charge in [-0.15, -0.1) is 0 Å². The molecule has 0 radical (unpaired) electrons. The van der Waals surface area contributed by atoms with Crippen LogP contribution in [0.25, 0.3) is 11.1 Å². The monoisotopic (exact) mass is 312 g/mol. The van der Waals surface area contributed by atoms with Gasteiger partial charge in [0, 0.05) is 38.4 Å². The maximum absolute atomic E-state index is 13.2. The second-order valence-electron chi connectivity index (χ2n) is 5.67. The van der Waals surface area contributed by atoms with Crippen LogP contribution in [0.2, 0.25) is 0 Å². The number of fused-ring (bicyclic) bond motifs is 1. The molecule has 0 aliphatic carbocycles.